The summed E-state index contributed by atoms with van der Waals surface area (Å²) in [6, 6.07) is -0.165. The number of urea groups is 1. The molecule has 3 unspecified atom stereocenters. The fourth-order valence-electron chi connectivity index (χ4n) is 3.36. The van der Waals surface area contributed by atoms with Crippen molar-refractivity contribution >= 4 is 6.03 Å². The van der Waals surface area contributed by atoms with Crippen LogP contribution >= 0.6 is 0 Å². The van der Waals surface area contributed by atoms with E-state index >= 15 is 0 Å². The van der Waals surface area contributed by atoms with Gasteiger partial charge in [0.05, 0.1) is 17.8 Å². The van der Waals surface area contributed by atoms with Crippen LogP contribution in [0.2, 0.25) is 0 Å². The van der Waals surface area contributed by atoms with E-state index in [0.29, 0.717) is 13.1 Å². The first-order chi connectivity index (χ1) is 9.81. The van der Waals surface area contributed by atoms with Gasteiger partial charge in [0.25, 0.3) is 0 Å². The largest absolute Gasteiger partial charge is 0.392 e. The van der Waals surface area contributed by atoms with Gasteiger partial charge in [-0.25, -0.2) is 4.79 Å². The molecule has 3 N–H and O–H groups in total. The molecule has 5 nitrogen and oxygen atoms in total. The molecule has 2 rings (SSSR count). The maximum atomic E-state index is 11.9. The lowest BCUT2D eigenvalue weighted by molar-refractivity contribution is -0.0135. The van der Waals surface area contributed by atoms with Gasteiger partial charge in [-0.2, -0.15) is 0 Å². The minimum Gasteiger partial charge on any atom is -0.392 e. The average Bonchev–Trinajstić information content (AvgIpc) is 2.77. The SMILES string of the molecule is CC1(C)CCC(CNC(=O)NCC2(C)CCCCC2O)O1. The average molecular weight is 298 g/mol. The van der Waals surface area contributed by atoms with E-state index in [4.69, 9.17) is 4.74 Å². The van der Waals surface area contributed by atoms with E-state index in [9.17, 15) is 9.90 Å². The molecule has 0 aromatic carbocycles. The fraction of sp³-hybridized carbons (Fsp3) is 0.938. The molecule has 1 saturated carbocycles. The summed E-state index contributed by atoms with van der Waals surface area (Å²) in [6.45, 7) is 7.29. The van der Waals surface area contributed by atoms with Crippen LogP contribution in [0.1, 0.15) is 59.3 Å². The zero-order valence-electron chi connectivity index (χ0n) is 13.6. The highest BCUT2D eigenvalue weighted by Crippen LogP contribution is 2.35. The second kappa shape index (κ2) is 6.53. The molecule has 1 aliphatic carbocycles. The van der Waals surface area contributed by atoms with Crippen molar-refractivity contribution in [2.45, 2.75) is 77.1 Å². The molecular weight excluding hydrogens is 268 g/mol. The predicted molar refractivity (Wildman–Crippen MR) is 82.2 cm³/mol. The molecule has 1 heterocycles. The van der Waals surface area contributed by atoms with E-state index in [1.165, 1.54) is 0 Å². The van der Waals surface area contributed by atoms with Crippen molar-refractivity contribution in [3.63, 3.8) is 0 Å². The van der Waals surface area contributed by atoms with Crippen molar-refractivity contribution in [2.24, 2.45) is 5.41 Å². The van der Waals surface area contributed by atoms with Crippen LogP contribution in [0.3, 0.4) is 0 Å². The van der Waals surface area contributed by atoms with Gasteiger partial charge < -0.3 is 20.5 Å². The zero-order valence-corrected chi connectivity index (χ0v) is 13.6. The van der Waals surface area contributed by atoms with Gasteiger partial charge in [-0.05, 0) is 39.5 Å². The fourth-order valence-corrected chi connectivity index (χ4v) is 3.36. The number of hydrogen-bond donors (Lipinski definition) is 3. The molecule has 21 heavy (non-hydrogen) atoms. The lowest BCUT2D eigenvalue weighted by Gasteiger charge is -2.38. The maximum absolute atomic E-state index is 11.9. The van der Waals surface area contributed by atoms with E-state index < -0.39 is 0 Å². The Morgan fingerprint density at radius 3 is 2.57 bits per heavy atom. The lowest BCUT2D eigenvalue weighted by atomic mass is 9.73. The molecule has 122 valence electrons. The molecule has 1 saturated heterocycles. The van der Waals surface area contributed by atoms with Crippen molar-refractivity contribution in [1.82, 2.24) is 10.6 Å². The zero-order chi connectivity index (χ0) is 15.5. The second-order valence-corrected chi connectivity index (χ2v) is 7.52. The first-order valence-corrected chi connectivity index (χ1v) is 8.18. The summed E-state index contributed by atoms with van der Waals surface area (Å²) >= 11 is 0. The lowest BCUT2D eigenvalue weighted by Crippen LogP contribution is -2.48. The van der Waals surface area contributed by atoms with Crippen LogP contribution in [0.15, 0.2) is 0 Å². The van der Waals surface area contributed by atoms with Gasteiger partial charge in [0.1, 0.15) is 0 Å². The monoisotopic (exact) mass is 298 g/mol. The number of carbonyl (C=O) groups is 1. The van der Waals surface area contributed by atoms with Gasteiger partial charge in [0, 0.05) is 18.5 Å². The van der Waals surface area contributed by atoms with Crippen LogP contribution in [-0.4, -0.2) is 42.0 Å². The van der Waals surface area contributed by atoms with Gasteiger partial charge in [-0.1, -0.05) is 19.8 Å². The normalized spacial score (nSPS) is 35.4. The molecule has 5 heteroatoms. The highest BCUT2D eigenvalue weighted by atomic mass is 16.5. The Morgan fingerprint density at radius 1 is 1.19 bits per heavy atom. The maximum Gasteiger partial charge on any atom is 0.314 e. The molecule has 2 aliphatic rings. The molecular formula is C16H30N2O3. The Hall–Kier alpha value is -0.810. The van der Waals surface area contributed by atoms with Crippen LogP contribution in [0, 0.1) is 5.41 Å². The molecule has 2 amide bonds. The van der Waals surface area contributed by atoms with E-state index in [-0.39, 0.29) is 29.3 Å². The first-order valence-electron chi connectivity index (χ1n) is 8.18. The van der Waals surface area contributed by atoms with Gasteiger partial charge in [0.15, 0.2) is 0 Å². The van der Waals surface area contributed by atoms with E-state index in [1.54, 1.807) is 0 Å². The number of amides is 2. The molecule has 0 spiro atoms. The van der Waals surface area contributed by atoms with Crippen LogP contribution in [0.25, 0.3) is 0 Å². The number of aliphatic hydroxyl groups is 1. The van der Waals surface area contributed by atoms with E-state index in [2.05, 4.69) is 31.4 Å². The van der Waals surface area contributed by atoms with Crippen LogP contribution in [0.5, 0.6) is 0 Å². The van der Waals surface area contributed by atoms with Crippen LogP contribution < -0.4 is 10.6 Å². The molecule has 0 radical (unpaired) electrons. The van der Waals surface area contributed by atoms with Gasteiger partial charge in [0.2, 0.25) is 0 Å². The Bertz CT molecular complexity index is 373. The van der Waals surface area contributed by atoms with Crippen LogP contribution in [0.4, 0.5) is 4.79 Å². The number of nitrogens with one attached hydrogen (secondary N) is 2. The minimum absolute atomic E-state index is 0.0670. The Morgan fingerprint density at radius 2 is 1.95 bits per heavy atom. The summed E-state index contributed by atoms with van der Waals surface area (Å²) in [6.07, 6.45) is 5.83. The van der Waals surface area contributed by atoms with Crippen molar-refractivity contribution in [1.29, 1.82) is 0 Å². The van der Waals surface area contributed by atoms with Crippen LogP contribution in [-0.2, 0) is 4.74 Å². The van der Waals surface area contributed by atoms with E-state index in [0.717, 1.165) is 38.5 Å². The number of aliphatic hydroxyl groups excluding tert-OH is 1. The van der Waals surface area contributed by atoms with Gasteiger partial charge in [-0.3, -0.25) is 0 Å². The van der Waals surface area contributed by atoms with Crippen molar-refractivity contribution in [3.8, 4) is 0 Å². The highest BCUT2D eigenvalue weighted by molar-refractivity contribution is 5.73. The third kappa shape index (κ3) is 4.58. The minimum atomic E-state index is -0.314. The summed E-state index contributed by atoms with van der Waals surface area (Å²) in [7, 11) is 0. The quantitative estimate of drug-likeness (QED) is 0.745. The number of rotatable bonds is 4. The van der Waals surface area contributed by atoms with Gasteiger partial charge in [-0.15, -0.1) is 0 Å². The Labute approximate surface area is 127 Å². The smallest absolute Gasteiger partial charge is 0.314 e. The topological polar surface area (TPSA) is 70.6 Å². The van der Waals surface area contributed by atoms with Gasteiger partial charge >= 0.3 is 6.03 Å². The molecule has 3 atom stereocenters. The third-order valence-electron chi connectivity index (χ3n) is 4.98. The van der Waals surface area contributed by atoms with Crippen molar-refractivity contribution in [2.75, 3.05) is 13.1 Å². The number of hydrogen-bond acceptors (Lipinski definition) is 3. The summed E-state index contributed by atoms with van der Waals surface area (Å²) < 4.78 is 5.85. The van der Waals surface area contributed by atoms with E-state index in [1.807, 2.05) is 0 Å². The summed E-state index contributed by atoms with van der Waals surface area (Å²) in [5.41, 5.74) is -0.260. The Balaban J connectivity index is 1.68. The molecule has 0 aromatic rings. The standard InChI is InChI=1S/C16H30N2O3/c1-15(2)9-7-12(21-15)10-17-14(20)18-11-16(3)8-5-4-6-13(16)19/h12-13,19H,4-11H2,1-3H3,(H2,17,18,20). The van der Waals surface area contributed by atoms with Crippen molar-refractivity contribution in [3.05, 3.63) is 0 Å². The molecule has 0 bridgehead atoms. The predicted octanol–water partition coefficient (Wildman–Crippen LogP) is 2.18. The van der Waals surface area contributed by atoms with Crippen molar-refractivity contribution < 1.29 is 14.6 Å². The Kier molecular flexibility index (Phi) is 5.15. The molecule has 1 aliphatic heterocycles. The second-order valence-electron chi connectivity index (χ2n) is 7.52. The summed E-state index contributed by atoms with van der Waals surface area (Å²) in [4.78, 5) is 11.9. The summed E-state index contributed by atoms with van der Waals surface area (Å²) in [5, 5.41) is 15.9. The first kappa shape index (κ1) is 16.6. The highest BCUT2D eigenvalue weighted by Gasteiger charge is 2.36. The third-order valence-corrected chi connectivity index (χ3v) is 4.98. The number of ether oxygens (including phenoxy) is 1. The number of carbonyl (C=O) groups excluding carboxylic acids is 1. The molecule has 0 aromatic heterocycles. The summed E-state index contributed by atoms with van der Waals surface area (Å²) in [5.74, 6) is 0. The molecule has 2 fully saturated rings.